The Morgan fingerprint density at radius 2 is 2.35 bits per heavy atom. The quantitative estimate of drug-likeness (QED) is 0.393. The van der Waals surface area contributed by atoms with Gasteiger partial charge in [0, 0.05) is 16.6 Å². The molecule has 0 fully saturated rings. The molecule has 5 nitrogen and oxygen atoms in total. The van der Waals surface area contributed by atoms with Gasteiger partial charge in [-0.2, -0.15) is 0 Å². The van der Waals surface area contributed by atoms with Crippen LogP contribution in [0, 0.1) is 10.1 Å². The van der Waals surface area contributed by atoms with E-state index >= 15 is 0 Å². The monoisotopic (exact) mass is 301 g/mol. The second-order valence-electron chi connectivity index (χ2n) is 3.21. The van der Waals surface area contributed by atoms with Gasteiger partial charge in [-0.25, -0.2) is 0 Å². The predicted octanol–water partition coefficient (Wildman–Crippen LogP) is 3.02. The normalized spacial score (nSPS) is 12.6. The Balaban J connectivity index is 2.92. The standard InChI is InChI=1S/C11H12BrNO4/c1-2-3-4-11(14)17-10-7-8(12)5-6-9(10)13(15)16/h3-7,11,14H,2H2,1H3. The van der Waals surface area contributed by atoms with Gasteiger partial charge in [-0.1, -0.05) is 28.9 Å². The smallest absolute Gasteiger partial charge is 0.311 e. The number of aliphatic hydroxyl groups excluding tert-OH is 1. The van der Waals surface area contributed by atoms with Gasteiger partial charge < -0.3 is 9.84 Å². The lowest BCUT2D eigenvalue weighted by Crippen LogP contribution is -2.12. The summed E-state index contributed by atoms with van der Waals surface area (Å²) in [7, 11) is 0. The molecule has 1 rings (SSSR count). The Kier molecular flexibility index (Phi) is 5.11. The molecule has 0 amide bonds. The molecule has 0 spiro atoms. The third-order valence-corrected chi connectivity index (χ3v) is 2.40. The van der Waals surface area contributed by atoms with Crippen LogP contribution >= 0.6 is 15.9 Å². The van der Waals surface area contributed by atoms with E-state index in [2.05, 4.69) is 15.9 Å². The SMILES string of the molecule is CCC=CC(O)Oc1cc(Br)ccc1[N+](=O)[O-]. The third-order valence-electron chi connectivity index (χ3n) is 1.90. The summed E-state index contributed by atoms with van der Waals surface area (Å²) in [6.45, 7) is 1.91. The fourth-order valence-electron chi connectivity index (χ4n) is 1.16. The minimum absolute atomic E-state index is 0.0256. The molecule has 6 heteroatoms. The number of nitro groups is 1. The van der Waals surface area contributed by atoms with Gasteiger partial charge in [0.2, 0.25) is 12.0 Å². The molecule has 0 aliphatic carbocycles. The largest absolute Gasteiger partial charge is 0.454 e. The summed E-state index contributed by atoms with van der Waals surface area (Å²) in [4.78, 5) is 10.2. The molecule has 1 aromatic carbocycles. The van der Waals surface area contributed by atoms with Crippen molar-refractivity contribution in [1.29, 1.82) is 0 Å². The van der Waals surface area contributed by atoms with Gasteiger partial charge in [-0.3, -0.25) is 10.1 Å². The molecule has 0 bridgehead atoms. The number of allylic oxidation sites excluding steroid dienone is 1. The summed E-state index contributed by atoms with van der Waals surface area (Å²) in [5.74, 6) is 0.0256. The van der Waals surface area contributed by atoms with Crippen LogP contribution < -0.4 is 4.74 Å². The molecule has 1 atom stereocenters. The third kappa shape index (κ3) is 4.16. The van der Waals surface area contributed by atoms with Crippen molar-refractivity contribution in [2.45, 2.75) is 19.6 Å². The van der Waals surface area contributed by atoms with E-state index in [1.165, 1.54) is 18.2 Å². The Bertz CT molecular complexity index is 433. The fraction of sp³-hybridized carbons (Fsp3) is 0.273. The number of hydrogen-bond donors (Lipinski definition) is 1. The molecule has 1 aromatic rings. The van der Waals surface area contributed by atoms with E-state index in [4.69, 9.17) is 4.74 Å². The van der Waals surface area contributed by atoms with E-state index < -0.39 is 11.2 Å². The van der Waals surface area contributed by atoms with Crippen molar-refractivity contribution in [2.24, 2.45) is 0 Å². The number of rotatable bonds is 5. The fourth-order valence-corrected chi connectivity index (χ4v) is 1.50. The van der Waals surface area contributed by atoms with Crippen LogP contribution in [0.15, 0.2) is 34.8 Å². The van der Waals surface area contributed by atoms with E-state index in [0.29, 0.717) is 4.47 Å². The first-order valence-electron chi connectivity index (χ1n) is 5.00. The number of nitro benzene ring substituents is 1. The van der Waals surface area contributed by atoms with Crippen molar-refractivity contribution in [2.75, 3.05) is 0 Å². The number of aliphatic hydroxyl groups is 1. The van der Waals surface area contributed by atoms with Crippen LogP contribution in [-0.4, -0.2) is 16.3 Å². The summed E-state index contributed by atoms with van der Waals surface area (Å²) in [6, 6.07) is 4.30. The molecule has 1 N–H and O–H groups in total. The van der Waals surface area contributed by atoms with Crippen LogP contribution in [0.5, 0.6) is 5.75 Å². The average molecular weight is 302 g/mol. The maximum Gasteiger partial charge on any atom is 0.311 e. The van der Waals surface area contributed by atoms with Gasteiger partial charge in [0.1, 0.15) is 0 Å². The molecular formula is C11H12BrNO4. The zero-order valence-electron chi connectivity index (χ0n) is 9.17. The highest BCUT2D eigenvalue weighted by Gasteiger charge is 2.17. The van der Waals surface area contributed by atoms with Gasteiger partial charge in [0.25, 0.3) is 0 Å². The number of ether oxygens (including phenoxy) is 1. The number of nitrogens with zero attached hydrogens (tertiary/aromatic N) is 1. The summed E-state index contributed by atoms with van der Waals surface area (Å²) in [5, 5.41) is 20.2. The highest BCUT2D eigenvalue weighted by molar-refractivity contribution is 9.10. The van der Waals surface area contributed by atoms with Crippen LogP contribution in [0.4, 0.5) is 5.69 Å². The first-order chi connectivity index (χ1) is 8.04. The van der Waals surface area contributed by atoms with Crippen LogP contribution in [0.3, 0.4) is 0 Å². The molecule has 0 aromatic heterocycles. The summed E-state index contributed by atoms with van der Waals surface area (Å²) >= 11 is 3.19. The summed E-state index contributed by atoms with van der Waals surface area (Å²) in [5.41, 5.74) is -0.183. The Hall–Kier alpha value is -1.40. The van der Waals surface area contributed by atoms with Gasteiger partial charge in [0.05, 0.1) is 4.92 Å². The van der Waals surface area contributed by atoms with Crippen LogP contribution in [0.1, 0.15) is 13.3 Å². The molecular weight excluding hydrogens is 290 g/mol. The first kappa shape index (κ1) is 13.7. The lowest BCUT2D eigenvalue weighted by molar-refractivity contribution is -0.386. The van der Waals surface area contributed by atoms with E-state index in [1.54, 1.807) is 12.1 Å². The zero-order valence-corrected chi connectivity index (χ0v) is 10.8. The predicted molar refractivity (Wildman–Crippen MR) is 66.9 cm³/mol. The highest BCUT2D eigenvalue weighted by atomic mass is 79.9. The molecule has 0 saturated carbocycles. The molecule has 17 heavy (non-hydrogen) atoms. The molecule has 0 heterocycles. The van der Waals surface area contributed by atoms with Crippen LogP contribution in [-0.2, 0) is 0 Å². The van der Waals surface area contributed by atoms with Crippen LogP contribution in [0.2, 0.25) is 0 Å². The zero-order chi connectivity index (χ0) is 12.8. The Labute approximate surface area is 107 Å². The second-order valence-corrected chi connectivity index (χ2v) is 4.13. The lowest BCUT2D eigenvalue weighted by Gasteiger charge is -2.10. The van der Waals surface area contributed by atoms with Crippen molar-refractivity contribution in [3.8, 4) is 5.75 Å². The lowest BCUT2D eigenvalue weighted by atomic mass is 10.3. The van der Waals surface area contributed by atoms with Gasteiger partial charge in [-0.05, 0) is 18.6 Å². The van der Waals surface area contributed by atoms with Crippen molar-refractivity contribution in [3.05, 3.63) is 44.9 Å². The molecule has 0 saturated heterocycles. The van der Waals surface area contributed by atoms with Crippen LogP contribution in [0.25, 0.3) is 0 Å². The maximum atomic E-state index is 10.7. The number of halogens is 1. The summed E-state index contributed by atoms with van der Waals surface area (Å²) in [6.07, 6.45) is 2.71. The first-order valence-corrected chi connectivity index (χ1v) is 5.79. The van der Waals surface area contributed by atoms with Gasteiger partial charge in [0.15, 0.2) is 0 Å². The molecule has 0 radical (unpaired) electrons. The number of hydrogen-bond acceptors (Lipinski definition) is 4. The van der Waals surface area contributed by atoms with E-state index in [9.17, 15) is 15.2 Å². The second kappa shape index (κ2) is 6.36. The topological polar surface area (TPSA) is 72.6 Å². The maximum absolute atomic E-state index is 10.7. The molecule has 92 valence electrons. The minimum atomic E-state index is -1.19. The summed E-state index contributed by atoms with van der Waals surface area (Å²) < 4.78 is 5.73. The highest BCUT2D eigenvalue weighted by Crippen LogP contribution is 2.30. The molecule has 0 aliphatic heterocycles. The minimum Gasteiger partial charge on any atom is -0.454 e. The van der Waals surface area contributed by atoms with E-state index in [1.807, 2.05) is 6.92 Å². The van der Waals surface area contributed by atoms with Crippen molar-refractivity contribution in [3.63, 3.8) is 0 Å². The van der Waals surface area contributed by atoms with E-state index in [-0.39, 0.29) is 11.4 Å². The Morgan fingerprint density at radius 1 is 1.65 bits per heavy atom. The number of benzene rings is 1. The Morgan fingerprint density at radius 3 is 2.94 bits per heavy atom. The molecule has 0 aliphatic rings. The van der Waals surface area contributed by atoms with Gasteiger partial charge >= 0.3 is 5.69 Å². The van der Waals surface area contributed by atoms with Crippen molar-refractivity contribution in [1.82, 2.24) is 0 Å². The van der Waals surface area contributed by atoms with Crippen molar-refractivity contribution < 1.29 is 14.8 Å². The van der Waals surface area contributed by atoms with Crippen molar-refractivity contribution >= 4 is 21.6 Å². The molecule has 1 unspecified atom stereocenters. The average Bonchev–Trinajstić information content (AvgIpc) is 2.26. The van der Waals surface area contributed by atoms with E-state index in [0.717, 1.165) is 6.42 Å². The van der Waals surface area contributed by atoms with Gasteiger partial charge in [-0.15, -0.1) is 0 Å².